The SMILES string of the molecule is C[B]CC(C)(C)OC(=O)NC. The largest absolute Gasteiger partial charge is 0.444 e. The number of rotatable bonds is 3. The average molecular weight is 156 g/mol. The lowest BCUT2D eigenvalue weighted by molar-refractivity contribution is 0.0542. The molecule has 1 N–H and O–H groups in total. The summed E-state index contributed by atoms with van der Waals surface area (Å²) in [6.07, 6.45) is 0.386. The van der Waals surface area contributed by atoms with E-state index in [0.29, 0.717) is 0 Å². The molecule has 0 aliphatic heterocycles. The van der Waals surface area contributed by atoms with Crippen molar-refractivity contribution >= 4 is 13.4 Å². The van der Waals surface area contributed by atoms with Gasteiger partial charge in [0.25, 0.3) is 0 Å². The van der Waals surface area contributed by atoms with E-state index in [1.807, 2.05) is 28.0 Å². The van der Waals surface area contributed by atoms with Gasteiger partial charge < -0.3 is 10.1 Å². The maximum Gasteiger partial charge on any atom is 0.407 e. The Kier molecular flexibility index (Phi) is 4.00. The highest BCUT2D eigenvalue weighted by Crippen LogP contribution is 2.14. The Balaban J connectivity index is 3.80. The van der Waals surface area contributed by atoms with Crippen LogP contribution in [0, 0.1) is 0 Å². The van der Waals surface area contributed by atoms with E-state index < -0.39 is 5.60 Å². The standard InChI is InChI=1S/C7H15BNO2/c1-7(2,5-8-3)11-6(10)9-4/h5H2,1-4H3,(H,9,10). The third-order valence-corrected chi connectivity index (χ3v) is 1.27. The maximum absolute atomic E-state index is 10.8. The predicted molar refractivity (Wildman–Crippen MR) is 46.0 cm³/mol. The number of carbonyl (C=O) groups excluding carboxylic acids is 1. The van der Waals surface area contributed by atoms with Gasteiger partial charge in [0.05, 0.1) is 0 Å². The first-order chi connectivity index (χ1) is 5.02. The molecule has 0 saturated heterocycles. The normalized spacial score (nSPS) is 10.5. The molecule has 0 unspecified atom stereocenters. The summed E-state index contributed by atoms with van der Waals surface area (Å²) in [5, 5.41) is 2.40. The van der Waals surface area contributed by atoms with E-state index in [1.165, 1.54) is 0 Å². The number of carbonyl (C=O) groups is 1. The lowest BCUT2D eigenvalue weighted by Gasteiger charge is -2.23. The molecule has 0 aromatic heterocycles. The fourth-order valence-corrected chi connectivity index (χ4v) is 0.835. The van der Waals surface area contributed by atoms with Gasteiger partial charge in [-0.3, -0.25) is 0 Å². The van der Waals surface area contributed by atoms with Crippen molar-refractivity contribution in [3.05, 3.63) is 0 Å². The van der Waals surface area contributed by atoms with Crippen molar-refractivity contribution in [2.45, 2.75) is 32.6 Å². The van der Waals surface area contributed by atoms with Crippen molar-refractivity contribution in [1.82, 2.24) is 5.32 Å². The molecule has 0 fully saturated rings. The number of alkyl carbamates (subject to hydrolysis) is 1. The third-order valence-electron chi connectivity index (χ3n) is 1.27. The van der Waals surface area contributed by atoms with Gasteiger partial charge in [-0.2, -0.15) is 0 Å². The highest BCUT2D eigenvalue weighted by molar-refractivity contribution is 6.33. The first-order valence-electron chi connectivity index (χ1n) is 3.70. The van der Waals surface area contributed by atoms with Crippen molar-refractivity contribution in [2.24, 2.45) is 0 Å². The van der Waals surface area contributed by atoms with Crippen LogP contribution in [0.2, 0.25) is 13.1 Å². The van der Waals surface area contributed by atoms with Crippen LogP contribution in [0.15, 0.2) is 0 Å². The minimum atomic E-state index is -0.394. The molecule has 3 nitrogen and oxygen atoms in total. The zero-order valence-electron chi connectivity index (χ0n) is 7.60. The monoisotopic (exact) mass is 156 g/mol. The third kappa shape index (κ3) is 4.70. The fourth-order valence-electron chi connectivity index (χ4n) is 0.835. The van der Waals surface area contributed by atoms with Crippen molar-refractivity contribution in [3.63, 3.8) is 0 Å². The second-order valence-corrected chi connectivity index (χ2v) is 3.01. The molecule has 0 aliphatic carbocycles. The van der Waals surface area contributed by atoms with Crippen LogP contribution in [0.3, 0.4) is 0 Å². The molecule has 1 radical (unpaired) electrons. The van der Waals surface area contributed by atoms with Crippen LogP contribution in [0.25, 0.3) is 0 Å². The number of nitrogens with one attached hydrogen (secondary N) is 1. The van der Waals surface area contributed by atoms with Gasteiger partial charge in [0, 0.05) is 7.05 Å². The Hall–Kier alpha value is -0.665. The van der Waals surface area contributed by atoms with Gasteiger partial charge in [-0.1, -0.05) is 6.82 Å². The summed E-state index contributed by atoms with van der Waals surface area (Å²) in [6, 6.07) is 0. The van der Waals surface area contributed by atoms with E-state index in [1.54, 1.807) is 7.05 Å². The lowest BCUT2D eigenvalue weighted by Crippen LogP contribution is -2.33. The van der Waals surface area contributed by atoms with E-state index >= 15 is 0 Å². The van der Waals surface area contributed by atoms with Gasteiger partial charge in [-0.05, 0) is 20.2 Å². The summed E-state index contributed by atoms with van der Waals surface area (Å²) in [5.74, 6) is 0. The summed E-state index contributed by atoms with van der Waals surface area (Å²) < 4.78 is 5.05. The second kappa shape index (κ2) is 4.26. The Morgan fingerprint density at radius 3 is 2.55 bits per heavy atom. The summed E-state index contributed by atoms with van der Waals surface area (Å²) in [6.45, 7) is 5.69. The summed E-state index contributed by atoms with van der Waals surface area (Å²) >= 11 is 0. The second-order valence-electron chi connectivity index (χ2n) is 3.01. The van der Waals surface area contributed by atoms with E-state index in [4.69, 9.17) is 4.74 Å². The summed E-state index contributed by atoms with van der Waals surface area (Å²) in [7, 11) is 3.52. The Bertz CT molecular complexity index is 136. The molecule has 0 atom stereocenters. The topological polar surface area (TPSA) is 38.3 Å². The molecular weight excluding hydrogens is 141 g/mol. The first kappa shape index (κ1) is 10.3. The van der Waals surface area contributed by atoms with Crippen LogP contribution in [-0.4, -0.2) is 26.0 Å². The smallest absolute Gasteiger partial charge is 0.407 e. The van der Waals surface area contributed by atoms with Crippen LogP contribution < -0.4 is 5.32 Å². The minimum Gasteiger partial charge on any atom is -0.444 e. The predicted octanol–water partition coefficient (Wildman–Crippen LogP) is 1.29. The first-order valence-corrected chi connectivity index (χ1v) is 3.70. The Morgan fingerprint density at radius 1 is 1.64 bits per heavy atom. The maximum atomic E-state index is 10.8. The lowest BCUT2D eigenvalue weighted by atomic mass is 9.71. The van der Waals surface area contributed by atoms with Crippen molar-refractivity contribution in [1.29, 1.82) is 0 Å². The number of hydrogen-bond donors (Lipinski definition) is 1. The molecule has 0 spiro atoms. The molecule has 11 heavy (non-hydrogen) atoms. The highest BCUT2D eigenvalue weighted by Gasteiger charge is 2.20. The molecule has 0 rings (SSSR count). The van der Waals surface area contributed by atoms with E-state index in [0.717, 1.165) is 6.32 Å². The number of ether oxygens (including phenoxy) is 1. The summed E-state index contributed by atoms with van der Waals surface area (Å²) in [5.41, 5.74) is -0.394. The molecule has 0 aliphatic rings. The Labute approximate surface area is 68.7 Å². The number of amides is 1. The highest BCUT2D eigenvalue weighted by atomic mass is 16.6. The minimum absolute atomic E-state index is 0.378. The zero-order valence-corrected chi connectivity index (χ0v) is 7.60. The number of hydrogen-bond acceptors (Lipinski definition) is 2. The van der Waals surface area contributed by atoms with Gasteiger partial charge in [0.1, 0.15) is 12.9 Å². The fraction of sp³-hybridized carbons (Fsp3) is 0.857. The van der Waals surface area contributed by atoms with Crippen LogP contribution in [0.4, 0.5) is 4.79 Å². The van der Waals surface area contributed by atoms with Crippen molar-refractivity contribution < 1.29 is 9.53 Å². The molecule has 0 aromatic carbocycles. The van der Waals surface area contributed by atoms with Crippen molar-refractivity contribution in [2.75, 3.05) is 7.05 Å². The molecule has 1 amide bonds. The van der Waals surface area contributed by atoms with Gasteiger partial charge >= 0.3 is 6.09 Å². The van der Waals surface area contributed by atoms with Crippen molar-refractivity contribution in [3.8, 4) is 0 Å². The zero-order chi connectivity index (χ0) is 8.91. The van der Waals surface area contributed by atoms with E-state index in [9.17, 15) is 4.79 Å². The van der Waals surface area contributed by atoms with Crippen LogP contribution in [0.1, 0.15) is 13.8 Å². The molecule has 63 valence electrons. The van der Waals surface area contributed by atoms with Gasteiger partial charge in [0.15, 0.2) is 0 Å². The van der Waals surface area contributed by atoms with E-state index in [-0.39, 0.29) is 6.09 Å². The van der Waals surface area contributed by atoms with Gasteiger partial charge in [-0.15, -0.1) is 0 Å². The van der Waals surface area contributed by atoms with Gasteiger partial charge in [-0.25, -0.2) is 4.79 Å². The van der Waals surface area contributed by atoms with Crippen LogP contribution in [0.5, 0.6) is 0 Å². The quantitative estimate of drug-likeness (QED) is 0.625. The summed E-state index contributed by atoms with van der Waals surface area (Å²) in [4.78, 5) is 10.8. The Morgan fingerprint density at radius 2 is 2.18 bits per heavy atom. The molecule has 0 aromatic rings. The van der Waals surface area contributed by atoms with Crippen LogP contribution in [-0.2, 0) is 4.74 Å². The molecule has 0 bridgehead atoms. The van der Waals surface area contributed by atoms with Crippen LogP contribution >= 0.6 is 0 Å². The molecule has 0 heterocycles. The molecule has 4 heteroatoms. The van der Waals surface area contributed by atoms with Gasteiger partial charge in [0.2, 0.25) is 0 Å². The molecular formula is C7H15BNO2. The average Bonchev–Trinajstić information content (AvgIpc) is 1.86. The van der Waals surface area contributed by atoms with E-state index in [2.05, 4.69) is 5.32 Å². The molecule has 0 saturated carbocycles.